The van der Waals surface area contributed by atoms with Gasteiger partial charge in [-0.1, -0.05) is 12.1 Å². The molecule has 36 heavy (non-hydrogen) atoms. The van der Waals surface area contributed by atoms with E-state index in [0.29, 0.717) is 22.7 Å². The summed E-state index contributed by atoms with van der Waals surface area (Å²) in [6.07, 6.45) is 0. The average Bonchev–Trinajstić information content (AvgIpc) is 2.77. The number of carbonyl (C=O) groups is 2. The second-order valence-corrected chi connectivity index (χ2v) is 8.80. The van der Waals surface area contributed by atoms with Gasteiger partial charge in [-0.15, -0.1) is 10.2 Å². The molecule has 0 atom stereocenters. The van der Waals surface area contributed by atoms with Gasteiger partial charge in [-0.25, -0.2) is 0 Å². The summed E-state index contributed by atoms with van der Waals surface area (Å²) in [7, 11) is -4.78. The Kier molecular flexibility index (Phi) is 7.71. The van der Waals surface area contributed by atoms with Crippen LogP contribution in [-0.2, 0) is 19.7 Å². The van der Waals surface area contributed by atoms with Crippen molar-refractivity contribution in [2.24, 2.45) is 20.5 Å². The van der Waals surface area contributed by atoms with E-state index in [1.165, 1.54) is 26.0 Å². The molecule has 0 heterocycles. The standard InChI is InChI=1S/C22H22N8O5S/c1-12(31)25-14-5-3-7-16(9-14)27-29-18-11-19(36(33,34)35)21(24)22(20(18)23)30-28-17-8-4-6-15(10-17)26-13(2)32/h3-11H,23-24H2,1-2H3,(H,25,31)(H,26,32)(H,33,34,35)/b29-27+,30-28+. The van der Waals surface area contributed by atoms with Crippen LogP contribution in [0.1, 0.15) is 13.8 Å². The van der Waals surface area contributed by atoms with Gasteiger partial charge in [0, 0.05) is 25.2 Å². The lowest BCUT2D eigenvalue weighted by atomic mass is 10.2. The third-order valence-corrected chi connectivity index (χ3v) is 5.36. The minimum absolute atomic E-state index is 0.150. The van der Waals surface area contributed by atoms with Gasteiger partial charge in [0.2, 0.25) is 11.8 Å². The first-order valence-corrected chi connectivity index (χ1v) is 11.7. The van der Waals surface area contributed by atoms with Crippen LogP contribution in [0.2, 0.25) is 0 Å². The van der Waals surface area contributed by atoms with E-state index < -0.39 is 20.7 Å². The van der Waals surface area contributed by atoms with Gasteiger partial charge in [0.05, 0.1) is 22.7 Å². The maximum atomic E-state index is 11.9. The Morgan fingerprint density at radius 3 is 1.75 bits per heavy atom. The summed E-state index contributed by atoms with van der Waals surface area (Å²) in [6, 6.07) is 13.7. The van der Waals surface area contributed by atoms with Crippen molar-refractivity contribution >= 4 is 67.4 Å². The lowest BCUT2D eigenvalue weighted by molar-refractivity contribution is -0.115. The molecule has 3 rings (SSSR count). The first kappa shape index (κ1) is 25.9. The third-order valence-electron chi connectivity index (χ3n) is 4.47. The van der Waals surface area contributed by atoms with Crippen molar-refractivity contribution in [1.29, 1.82) is 0 Å². The number of amides is 2. The lowest BCUT2D eigenvalue weighted by Gasteiger charge is -2.10. The zero-order chi connectivity index (χ0) is 26.5. The molecular formula is C22H22N8O5S. The fraction of sp³-hybridized carbons (Fsp3) is 0.0909. The van der Waals surface area contributed by atoms with Crippen molar-refractivity contribution in [2.75, 3.05) is 22.1 Å². The van der Waals surface area contributed by atoms with Crippen molar-refractivity contribution in [1.82, 2.24) is 0 Å². The highest BCUT2D eigenvalue weighted by atomic mass is 32.2. The van der Waals surface area contributed by atoms with Crippen LogP contribution in [-0.4, -0.2) is 24.8 Å². The molecule has 0 saturated carbocycles. The largest absolute Gasteiger partial charge is 0.396 e. The predicted octanol–water partition coefficient (Wildman–Crippen LogP) is 4.85. The van der Waals surface area contributed by atoms with E-state index in [9.17, 15) is 22.6 Å². The fourth-order valence-corrected chi connectivity index (χ4v) is 3.62. The SMILES string of the molecule is CC(=O)Nc1cccc(/N=N/c2cc(S(=O)(=O)O)c(N)c(/N=N/c3cccc(NC(C)=O)c3)c2N)c1. The van der Waals surface area contributed by atoms with Crippen LogP contribution in [0.15, 0.2) is 79.9 Å². The van der Waals surface area contributed by atoms with Crippen LogP contribution in [0.3, 0.4) is 0 Å². The first-order valence-electron chi connectivity index (χ1n) is 10.2. The molecule has 0 saturated heterocycles. The number of hydrogen-bond donors (Lipinski definition) is 5. The number of carbonyl (C=O) groups excluding carboxylic acids is 2. The summed E-state index contributed by atoms with van der Waals surface area (Å²) in [5, 5.41) is 21.2. The number of nitrogen functional groups attached to an aromatic ring is 2. The van der Waals surface area contributed by atoms with E-state index in [1.807, 2.05) is 0 Å². The Morgan fingerprint density at radius 1 is 0.778 bits per heavy atom. The van der Waals surface area contributed by atoms with Crippen molar-refractivity contribution in [2.45, 2.75) is 18.7 Å². The van der Waals surface area contributed by atoms with E-state index in [4.69, 9.17) is 11.5 Å². The number of benzene rings is 3. The summed E-state index contributed by atoms with van der Waals surface area (Å²) in [5.74, 6) is -0.557. The summed E-state index contributed by atoms with van der Waals surface area (Å²) in [6.45, 7) is 2.70. The maximum absolute atomic E-state index is 11.9. The maximum Gasteiger partial charge on any atom is 0.296 e. The number of nitrogens with zero attached hydrogens (tertiary/aromatic N) is 4. The number of nitrogens with one attached hydrogen (secondary N) is 2. The Balaban J connectivity index is 2.05. The summed E-state index contributed by atoms with van der Waals surface area (Å²) in [5.41, 5.74) is 12.6. The van der Waals surface area contributed by atoms with Gasteiger partial charge < -0.3 is 22.1 Å². The van der Waals surface area contributed by atoms with Gasteiger partial charge >= 0.3 is 0 Å². The number of azo groups is 2. The minimum atomic E-state index is -4.78. The van der Waals surface area contributed by atoms with Gasteiger partial charge in [0.1, 0.15) is 16.3 Å². The van der Waals surface area contributed by atoms with Gasteiger partial charge in [0.25, 0.3) is 10.1 Å². The molecule has 2 amide bonds. The molecule has 3 aromatic carbocycles. The third kappa shape index (κ3) is 6.68. The quantitative estimate of drug-likeness (QED) is 0.169. The lowest BCUT2D eigenvalue weighted by Crippen LogP contribution is -2.05. The van der Waals surface area contributed by atoms with E-state index in [-0.39, 0.29) is 28.9 Å². The molecule has 0 aliphatic heterocycles. The molecule has 0 bridgehead atoms. The minimum Gasteiger partial charge on any atom is -0.396 e. The fourth-order valence-electron chi connectivity index (χ4n) is 2.98. The molecule has 0 aliphatic rings. The van der Waals surface area contributed by atoms with Crippen LogP contribution >= 0.6 is 0 Å². The molecule has 186 valence electrons. The van der Waals surface area contributed by atoms with Crippen LogP contribution in [0, 0.1) is 0 Å². The van der Waals surface area contributed by atoms with Crippen molar-refractivity contribution < 1.29 is 22.6 Å². The molecule has 14 heteroatoms. The van der Waals surface area contributed by atoms with Gasteiger partial charge in [-0.05, 0) is 42.5 Å². The molecule has 0 aromatic heterocycles. The van der Waals surface area contributed by atoms with E-state index in [0.717, 1.165) is 6.07 Å². The van der Waals surface area contributed by atoms with Gasteiger partial charge in [-0.2, -0.15) is 18.6 Å². The molecule has 0 fully saturated rings. The Morgan fingerprint density at radius 2 is 1.28 bits per heavy atom. The van der Waals surface area contributed by atoms with Crippen LogP contribution in [0.25, 0.3) is 0 Å². The van der Waals surface area contributed by atoms with Crippen molar-refractivity contribution in [3.05, 3.63) is 54.6 Å². The highest BCUT2D eigenvalue weighted by Gasteiger charge is 2.22. The normalized spacial score (nSPS) is 11.6. The summed E-state index contributed by atoms with van der Waals surface area (Å²) < 4.78 is 33.5. The first-order chi connectivity index (χ1) is 16.9. The average molecular weight is 511 g/mol. The van der Waals surface area contributed by atoms with E-state index in [1.54, 1.807) is 36.4 Å². The second kappa shape index (κ2) is 10.7. The zero-order valence-corrected chi connectivity index (χ0v) is 19.9. The van der Waals surface area contributed by atoms with Gasteiger partial charge in [-0.3, -0.25) is 14.1 Å². The Labute approximate surface area is 206 Å². The van der Waals surface area contributed by atoms with Crippen LogP contribution in [0.5, 0.6) is 0 Å². The molecule has 0 aliphatic carbocycles. The molecule has 7 N–H and O–H groups in total. The smallest absolute Gasteiger partial charge is 0.296 e. The second-order valence-electron chi connectivity index (χ2n) is 7.41. The van der Waals surface area contributed by atoms with Crippen LogP contribution in [0.4, 0.5) is 45.5 Å². The zero-order valence-electron chi connectivity index (χ0n) is 19.1. The highest BCUT2D eigenvalue weighted by Crippen LogP contribution is 2.43. The Hall–Kier alpha value is -4.69. The van der Waals surface area contributed by atoms with E-state index >= 15 is 0 Å². The van der Waals surface area contributed by atoms with Crippen molar-refractivity contribution in [3.63, 3.8) is 0 Å². The number of hydrogen-bond acceptors (Lipinski definition) is 10. The molecule has 0 spiro atoms. The van der Waals surface area contributed by atoms with Crippen LogP contribution < -0.4 is 22.1 Å². The molecule has 3 aromatic rings. The number of nitrogens with two attached hydrogens (primary N) is 2. The molecule has 13 nitrogen and oxygen atoms in total. The van der Waals surface area contributed by atoms with Gasteiger partial charge in [0.15, 0.2) is 0 Å². The number of anilines is 4. The summed E-state index contributed by atoms with van der Waals surface area (Å²) >= 11 is 0. The Bertz CT molecular complexity index is 1500. The monoisotopic (exact) mass is 510 g/mol. The molecular weight excluding hydrogens is 488 g/mol. The highest BCUT2D eigenvalue weighted by molar-refractivity contribution is 7.86. The predicted molar refractivity (Wildman–Crippen MR) is 135 cm³/mol. The topological polar surface area (TPSA) is 214 Å². The number of rotatable bonds is 7. The molecule has 0 radical (unpaired) electrons. The summed E-state index contributed by atoms with van der Waals surface area (Å²) in [4.78, 5) is 21.9. The van der Waals surface area contributed by atoms with Crippen molar-refractivity contribution in [3.8, 4) is 0 Å². The molecule has 0 unspecified atom stereocenters. The van der Waals surface area contributed by atoms with E-state index in [2.05, 4.69) is 31.1 Å².